The van der Waals surface area contributed by atoms with E-state index < -0.39 is 5.97 Å². The summed E-state index contributed by atoms with van der Waals surface area (Å²) < 4.78 is 5.50. The minimum Gasteiger partial charge on any atom is -0.478 e. The molecule has 0 unspecified atom stereocenters. The normalized spacial score (nSPS) is 10.1. The van der Waals surface area contributed by atoms with Gasteiger partial charge in [0.2, 0.25) is 5.88 Å². The Morgan fingerprint density at radius 3 is 2.56 bits per heavy atom. The lowest BCUT2D eigenvalue weighted by Gasteiger charge is -2.07. The summed E-state index contributed by atoms with van der Waals surface area (Å²) in [6.07, 6.45) is 0. The zero-order valence-corrected chi connectivity index (χ0v) is 9.96. The second-order valence-corrected chi connectivity index (χ2v) is 3.86. The van der Waals surface area contributed by atoms with E-state index in [-0.39, 0.29) is 5.56 Å². The molecular weight excluding hydrogens is 230 g/mol. The number of hydrogen-bond acceptors (Lipinski definition) is 3. The summed E-state index contributed by atoms with van der Waals surface area (Å²) in [5.41, 5.74) is 1.69. The van der Waals surface area contributed by atoms with E-state index in [1.807, 2.05) is 30.3 Å². The van der Waals surface area contributed by atoms with Gasteiger partial charge in [0.05, 0.1) is 11.3 Å². The van der Waals surface area contributed by atoms with Crippen molar-refractivity contribution >= 4 is 5.97 Å². The molecule has 4 nitrogen and oxygen atoms in total. The number of aromatic nitrogens is 1. The van der Waals surface area contributed by atoms with Gasteiger partial charge in [-0.2, -0.15) is 0 Å². The van der Waals surface area contributed by atoms with Gasteiger partial charge in [-0.1, -0.05) is 30.3 Å². The van der Waals surface area contributed by atoms with Crippen LogP contribution in [0.15, 0.2) is 42.5 Å². The van der Waals surface area contributed by atoms with Crippen LogP contribution in [0.25, 0.3) is 0 Å². The number of aromatic carboxylic acids is 1. The number of nitrogens with zero attached hydrogens (tertiary/aromatic N) is 1. The molecule has 92 valence electrons. The fourth-order valence-electron chi connectivity index (χ4n) is 1.58. The molecule has 0 spiro atoms. The maximum absolute atomic E-state index is 10.8. The highest BCUT2D eigenvalue weighted by Gasteiger charge is 2.08. The Kier molecular flexibility index (Phi) is 3.57. The van der Waals surface area contributed by atoms with Crippen LogP contribution in [0.2, 0.25) is 0 Å². The highest BCUT2D eigenvalue weighted by molar-refractivity contribution is 5.88. The van der Waals surface area contributed by atoms with Gasteiger partial charge in [0.15, 0.2) is 0 Å². The Hall–Kier alpha value is -2.36. The Balaban J connectivity index is 2.07. The van der Waals surface area contributed by atoms with Crippen LogP contribution in [-0.2, 0) is 6.61 Å². The average Bonchev–Trinajstić information content (AvgIpc) is 2.37. The number of benzene rings is 1. The molecule has 0 bridgehead atoms. The van der Waals surface area contributed by atoms with E-state index in [4.69, 9.17) is 9.84 Å². The highest BCUT2D eigenvalue weighted by Crippen LogP contribution is 2.14. The van der Waals surface area contributed by atoms with Crippen molar-refractivity contribution in [1.82, 2.24) is 4.98 Å². The minimum atomic E-state index is -0.977. The Morgan fingerprint density at radius 2 is 1.94 bits per heavy atom. The van der Waals surface area contributed by atoms with Crippen LogP contribution in [0.4, 0.5) is 0 Å². The van der Waals surface area contributed by atoms with Gasteiger partial charge >= 0.3 is 5.97 Å². The minimum absolute atomic E-state index is 0.196. The maximum atomic E-state index is 10.8. The first kappa shape index (κ1) is 12.1. The molecule has 0 aliphatic heterocycles. The molecular formula is C14H13NO3. The molecule has 2 aromatic rings. The first-order valence-corrected chi connectivity index (χ1v) is 5.54. The zero-order chi connectivity index (χ0) is 13.0. The third-order valence-electron chi connectivity index (χ3n) is 2.52. The standard InChI is InChI=1S/C14H13NO3/c1-10-12(14(16)17)7-8-13(15-10)18-9-11-5-3-2-4-6-11/h2-8H,9H2,1H3,(H,16,17). The van der Waals surface area contributed by atoms with Gasteiger partial charge in [0.1, 0.15) is 6.61 Å². The topological polar surface area (TPSA) is 59.4 Å². The van der Waals surface area contributed by atoms with Gasteiger partial charge in [-0.25, -0.2) is 9.78 Å². The predicted molar refractivity (Wildman–Crippen MR) is 66.7 cm³/mol. The third-order valence-corrected chi connectivity index (χ3v) is 2.52. The van der Waals surface area contributed by atoms with Crippen LogP contribution in [0, 0.1) is 6.92 Å². The van der Waals surface area contributed by atoms with Crippen molar-refractivity contribution in [2.75, 3.05) is 0 Å². The quantitative estimate of drug-likeness (QED) is 0.896. The van der Waals surface area contributed by atoms with Crippen molar-refractivity contribution in [3.8, 4) is 5.88 Å². The van der Waals surface area contributed by atoms with Crippen molar-refractivity contribution < 1.29 is 14.6 Å². The van der Waals surface area contributed by atoms with Crippen molar-refractivity contribution in [1.29, 1.82) is 0 Å². The SMILES string of the molecule is Cc1nc(OCc2ccccc2)ccc1C(=O)O. The molecule has 0 amide bonds. The Bertz CT molecular complexity index is 552. The third kappa shape index (κ3) is 2.85. The van der Waals surface area contributed by atoms with Crippen LogP contribution in [-0.4, -0.2) is 16.1 Å². The van der Waals surface area contributed by atoms with E-state index in [1.54, 1.807) is 13.0 Å². The largest absolute Gasteiger partial charge is 0.478 e. The van der Waals surface area contributed by atoms with Crippen LogP contribution >= 0.6 is 0 Å². The highest BCUT2D eigenvalue weighted by atomic mass is 16.5. The fraction of sp³-hybridized carbons (Fsp3) is 0.143. The molecule has 4 heteroatoms. The van der Waals surface area contributed by atoms with E-state index in [1.165, 1.54) is 6.07 Å². The van der Waals surface area contributed by atoms with Crippen LogP contribution < -0.4 is 4.74 Å². The number of pyridine rings is 1. The molecule has 0 radical (unpaired) electrons. The fourth-order valence-corrected chi connectivity index (χ4v) is 1.58. The first-order chi connectivity index (χ1) is 8.66. The predicted octanol–water partition coefficient (Wildman–Crippen LogP) is 2.67. The van der Waals surface area contributed by atoms with Crippen molar-refractivity contribution in [3.63, 3.8) is 0 Å². The van der Waals surface area contributed by atoms with Gasteiger partial charge in [0.25, 0.3) is 0 Å². The second kappa shape index (κ2) is 5.31. The van der Waals surface area contributed by atoms with E-state index in [0.717, 1.165) is 5.56 Å². The summed E-state index contributed by atoms with van der Waals surface area (Å²) in [6, 6.07) is 12.8. The summed E-state index contributed by atoms with van der Waals surface area (Å²) in [5.74, 6) is -0.545. The molecule has 0 saturated heterocycles. The van der Waals surface area contributed by atoms with E-state index in [0.29, 0.717) is 18.2 Å². The van der Waals surface area contributed by atoms with Crippen LogP contribution in [0.5, 0.6) is 5.88 Å². The summed E-state index contributed by atoms with van der Waals surface area (Å²) in [7, 11) is 0. The average molecular weight is 243 g/mol. The maximum Gasteiger partial charge on any atom is 0.337 e. The van der Waals surface area contributed by atoms with Gasteiger partial charge in [-0.3, -0.25) is 0 Å². The summed E-state index contributed by atoms with van der Waals surface area (Å²) in [5, 5.41) is 8.88. The van der Waals surface area contributed by atoms with Gasteiger partial charge in [0, 0.05) is 6.07 Å². The monoisotopic (exact) mass is 243 g/mol. The molecule has 0 atom stereocenters. The van der Waals surface area contributed by atoms with Crippen LogP contribution in [0.1, 0.15) is 21.6 Å². The summed E-state index contributed by atoms with van der Waals surface area (Å²) >= 11 is 0. The van der Waals surface area contributed by atoms with E-state index in [2.05, 4.69) is 4.98 Å². The zero-order valence-electron chi connectivity index (χ0n) is 9.96. The van der Waals surface area contributed by atoms with Gasteiger partial charge < -0.3 is 9.84 Å². The number of aryl methyl sites for hydroxylation is 1. The molecule has 1 heterocycles. The number of carboxylic acid groups (broad SMARTS) is 1. The Morgan fingerprint density at radius 1 is 1.22 bits per heavy atom. The lowest BCUT2D eigenvalue weighted by molar-refractivity contribution is 0.0695. The molecule has 1 aromatic carbocycles. The molecule has 1 aromatic heterocycles. The summed E-state index contributed by atoms with van der Waals surface area (Å²) in [4.78, 5) is 14.9. The molecule has 1 N–H and O–H groups in total. The van der Waals surface area contributed by atoms with Gasteiger partial charge in [-0.05, 0) is 18.6 Å². The number of hydrogen-bond donors (Lipinski definition) is 1. The first-order valence-electron chi connectivity index (χ1n) is 5.54. The van der Waals surface area contributed by atoms with Gasteiger partial charge in [-0.15, -0.1) is 0 Å². The van der Waals surface area contributed by atoms with Crippen molar-refractivity contribution in [3.05, 3.63) is 59.3 Å². The van der Waals surface area contributed by atoms with E-state index >= 15 is 0 Å². The van der Waals surface area contributed by atoms with Crippen molar-refractivity contribution in [2.24, 2.45) is 0 Å². The number of ether oxygens (including phenoxy) is 1. The summed E-state index contributed by atoms with van der Waals surface area (Å²) in [6.45, 7) is 2.07. The Labute approximate surface area is 105 Å². The second-order valence-electron chi connectivity index (χ2n) is 3.86. The molecule has 0 saturated carbocycles. The smallest absolute Gasteiger partial charge is 0.337 e. The number of rotatable bonds is 4. The van der Waals surface area contributed by atoms with Crippen LogP contribution in [0.3, 0.4) is 0 Å². The number of carboxylic acids is 1. The molecule has 0 fully saturated rings. The van der Waals surface area contributed by atoms with Crippen molar-refractivity contribution in [2.45, 2.75) is 13.5 Å². The number of carbonyl (C=O) groups is 1. The lowest BCUT2D eigenvalue weighted by Crippen LogP contribution is -2.04. The lowest BCUT2D eigenvalue weighted by atomic mass is 10.2. The molecule has 18 heavy (non-hydrogen) atoms. The van der Waals surface area contributed by atoms with E-state index in [9.17, 15) is 4.79 Å². The molecule has 0 aliphatic carbocycles. The molecule has 2 rings (SSSR count). The molecule has 0 aliphatic rings.